The molecule has 0 aliphatic carbocycles. The first-order valence-electron chi connectivity index (χ1n) is 3.57. The van der Waals surface area contributed by atoms with Crippen LogP contribution in [-0.4, -0.2) is 19.2 Å². The second-order valence-corrected chi connectivity index (χ2v) is 3.24. The molecule has 1 aromatic rings. The molecule has 0 aliphatic rings. The topological polar surface area (TPSA) is 31.4 Å². The number of nitrogens with zero attached hydrogens (tertiary/aromatic N) is 1. The Morgan fingerprint density at radius 3 is 2.29 bits per heavy atom. The second-order valence-electron chi connectivity index (χ2n) is 2.38. The smallest absolute Gasteiger partial charge is 0.350 e. The zero-order valence-corrected chi connectivity index (χ0v) is 8.28. The van der Waals surface area contributed by atoms with Crippen molar-refractivity contribution in [3.8, 4) is 0 Å². The summed E-state index contributed by atoms with van der Waals surface area (Å²) >= 11 is 0.519. The number of rotatable bonds is 3. The van der Waals surface area contributed by atoms with Crippen LogP contribution >= 0.6 is 11.3 Å². The molecule has 0 atom stereocenters. The summed E-state index contributed by atoms with van der Waals surface area (Å²) in [6.07, 6.45) is -5.25. The highest BCUT2D eigenvalue weighted by molar-refractivity contribution is 7.09. The van der Waals surface area contributed by atoms with Gasteiger partial charge in [-0.3, -0.25) is 0 Å². The molecule has 14 heavy (non-hydrogen) atoms. The number of hydrogen-bond acceptors (Lipinski definition) is 4. The van der Waals surface area contributed by atoms with Crippen LogP contribution in [0, 0.1) is 0 Å². The van der Waals surface area contributed by atoms with Gasteiger partial charge in [0.25, 0.3) is 0 Å². The average molecular weight is 227 g/mol. The standard InChI is InChI=1S/C7H8F3NO2S/c1-12-5(13-2)4-3-14-6(11-4)7(8,9)10/h3,5H,1-2H3. The van der Waals surface area contributed by atoms with Crippen LogP contribution in [0.2, 0.25) is 0 Å². The molecule has 0 amide bonds. The highest BCUT2D eigenvalue weighted by Crippen LogP contribution is 2.33. The number of thiazole rings is 1. The Bertz CT molecular complexity index is 295. The van der Waals surface area contributed by atoms with E-state index in [0.717, 1.165) is 0 Å². The van der Waals surface area contributed by atoms with Crippen LogP contribution in [0.25, 0.3) is 0 Å². The fraction of sp³-hybridized carbons (Fsp3) is 0.571. The van der Waals surface area contributed by atoms with Gasteiger partial charge in [-0.1, -0.05) is 0 Å². The van der Waals surface area contributed by atoms with Gasteiger partial charge in [0, 0.05) is 19.6 Å². The largest absolute Gasteiger partial charge is 0.443 e. The first kappa shape index (κ1) is 11.4. The molecular weight excluding hydrogens is 219 g/mol. The summed E-state index contributed by atoms with van der Waals surface area (Å²) in [6.45, 7) is 0. The van der Waals surface area contributed by atoms with Crippen molar-refractivity contribution in [1.29, 1.82) is 0 Å². The quantitative estimate of drug-likeness (QED) is 0.743. The number of alkyl halides is 3. The number of methoxy groups -OCH3 is 2. The Morgan fingerprint density at radius 2 is 1.93 bits per heavy atom. The minimum Gasteiger partial charge on any atom is -0.350 e. The third-order valence-corrected chi connectivity index (χ3v) is 2.34. The number of hydrogen-bond donors (Lipinski definition) is 0. The zero-order chi connectivity index (χ0) is 10.8. The SMILES string of the molecule is COC(OC)c1csc(C(F)(F)F)n1. The fourth-order valence-corrected chi connectivity index (χ4v) is 1.55. The maximum Gasteiger partial charge on any atom is 0.443 e. The molecular formula is C7H8F3NO2S. The van der Waals surface area contributed by atoms with E-state index in [2.05, 4.69) is 4.98 Å². The van der Waals surface area contributed by atoms with Gasteiger partial charge in [-0.15, -0.1) is 11.3 Å². The van der Waals surface area contributed by atoms with Gasteiger partial charge < -0.3 is 9.47 Å². The molecule has 1 rings (SSSR count). The van der Waals surface area contributed by atoms with Gasteiger partial charge in [0.05, 0.1) is 0 Å². The minimum absolute atomic E-state index is 0.132. The maximum atomic E-state index is 12.1. The van der Waals surface area contributed by atoms with Gasteiger partial charge in [-0.2, -0.15) is 13.2 Å². The predicted molar refractivity (Wildman–Crippen MR) is 43.9 cm³/mol. The zero-order valence-electron chi connectivity index (χ0n) is 7.46. The van der Waals surface area contributed by atoms with Crippen LogP contribution in [0.3, 0.4) is 0 Å². The first-order valence-corrected chi connectivity index (χ1v) is 4.45. The van der Waals surface area contributed by atoms with Crippen LogP contribution in [0.15, 0.2) is 5.38 Å². The van der Waals surface area contributed by atoms with Crippen molar-refractivity contribution < 1.29 is 22.6 Å². The molecule has 0 aromatic carbocycles. The van der Waals surface area contributed by atoms with E-state index in [-0.39, 0.29) is 5.69 Å². The van der Waals surface area contributed by atoms with Crippen LogP contribution in [0.5, 0.6) is 0 Å². The van der Waals surface area contributed by atoms with E-state index in [0.29, 0.717) is 11.3 Å². The Hall–Kier alpha value is -0.660. The van der Waals surface area contributed by atoms with Gasteiger partial charge >= 0.3 is 6.18 Å². The first-order chi connectivity index (χ1) is 6.49. The monoisotopic (exact) mass is 227 g/mol. The molecule has 7 heteroatoms. The summed E-state index contributed by atoms with van der Waals surface area (Å²) in [5.41, 5.74) is 0.132. The lowest BCUT2D eigenvalue weighted by Crippen LogP contribution is -2.07. The molecule has 0 saturated carbocycles. The van der Waals surface area contributed by atoms with Gasteiger partial charge in [-0.25, -0.2) is 4.98 Å². The molecule has 0 saturated heterocycles. The molecule has 0 radical (unpaired) electrons. The predicted octanol–water partition coefficient (Wildman–Crippen LogP) is 2.45. The molecule has 0 spiro atoms. The minimum atomic E-state index is -4.41. The molecule has 0 unspecified atom stereocenters. The lowest BCUT2D eigenvalue weighted by atomic mass is 10.5. The Kier molecular flexibility index (Phi) is 3.46. The van der Waals surface area contributed by atoms with E-state index in [9.17, 15) is 13.2 Å². The third-order valence-electron chi connectivity index (χ3n) is 1.43. The maximum absolute atomic E-state index is 12.1. The van der Waals surface area contributed by atoms with Crippen molar-refractivity contribution in [2.24, 2.45) is 0 Å². The van der Waals surface area contributed by atoms with Crippen LogP contribution in [0.1, 0.15) is 17.0 Å². The van der Waals surface area contributed by atoms with Crippen LogP contribution in [-0.2, 0) is 15.7 Å². The second kappa shape index (κ2) is 4.24. The van der Waals surface area contributed by atoms with Gasteiger partial charge in [-0.05, 0) is 0 Å². The summed E-state index contributed by atoms with van der Waals surface area (Å²) in [6, 6.07) is 0. The lowest BCUT2D eigenvalue weighted by molar-refractivity contribution is -0.139. The van der Waals surface area contributed by atoms with Crippen molar-refractivity contribution in [2.75, 3.05) is 14.2 Å². The van der Waals surface area contributed by atoms with Crippen LogP contribution in [0.4, 0.5) is 13.2 Å². The highest BCUT2D eigenvalue weighted by Gasteiger charge is 2.35. The molecule has 1 heterocycles. The van der Waals surface area contributed by atoms with E-state index < -0.39 is 17.5 Å². The molecule has 0 aliphatic heterocycles. The third kappa shape index (κ3) is 2.43. The summed E-state index contributed by atoms with van der Waals surface area (Å²) in [4.78, 5) is 3.37. The summed E-state index contributed by atoms with van der Waals surface area (Å²) in [5, 5.41) is 0.368. The molecule has 0 fully saturated rings. The van der Waals surface area contributed by atoms with Crippen molar-refractivity contribution in [3.63, 3.8) is 0 Å². The van der Waals surface area contributed by atoms with Crippen molar-refractivity contribution in [3.05, 3.63) is 16.1 Å². The van der Waals surface area contributed by atoms with Crippen molar-refractivity contribution in [1.82, 2.24) is 4.98 Å². The van der Waals surface area contributed by atoms with Crippen LogP contribution < -0.4 is 0 Å². The van der Waals surface area contributed by atoms with Gasteiger partial charge in [0.15, 0.2) is 5.01 Å². The van der Waals surface area contributed by atoms with E-state index in [4.69, 9.17) is 9.47 Å². The fourth-order valence-electron chi connectivity index (χ4n) is 0.862. The Labute approximate surface area is 82.5 Å². The number of halogens is 3. The van der Waals surface area contributed by atoms with E-state index in [1.54, 1.807) is 0 Å². The number of aromatic nitrogens is 1. The van der Waals surface area contributed by atoms with Crippen molar-refractivity contribution >= 4 is 11.3 Å². The molecule has 3 nitrogen and oxygen atoms in total. The molecule has 80 valence electrons. The molecule has 0 bridgehead atoms. The summed E-state index contributed by atoms with van der Waals surface area (Å²) < 4.78 is 45.9. The van der Waals surface area contributed by atoms with Crippen molar-refractivity contribution in [2.45, 2.75) is 12.5 Å². The summed E-state index contributed by atoms with van der Waals surface area (Å²) in [7, 11) is 2.67. The average Bonchev–Trinajstić information content (AvgIpc) is 2.54. The Balaban J connectivity index is 2.87. The van der Waals surface area contributed by atoms with Gasteiger partial charge in [0.1, 0.15) is 5.69 Å². The van der Waals surface area contributed by atoms with Gasteiger partial charge in [0.2, 0.25) is 6.29 Å². The highest BCUT2D eigenvalue weighted by atomic mass is 32.1. The number of ether oxygens (including phenoxy) is 2. The van der Waals surface area contributed by atoms with E-state index in [1.165, 1.54) is 19.6 Å². The van der Waals surface area contributed by atoms with E-state index in [1.807, 2.05) is 0 Å². The Morgan fingerprint density at radius 1 is 1.36 bits per heavy atom. The van der Waals surface area contributed by atoms with E-state index >= 15 is 0 Å². The molecule has 1 aromatic heterocycles. The molecule has 0 N–H and O–H groups in total. The lowest BCUT2D eigenvalue weighted by Gasteiger charge is -2.09. The summed E-state index contributed by atoms with van der Waals surface area (Å²) in [5.74, 6) is 0. The normalized spacial score (nSPS) is 12.4.